The highest BCUT2D eigenvalue weighted by atomic mass is 19.1. The Kier molecular flexibility index (Phi) is 3.42. The average Bonchev–Trinajstić information content (AvgIpc) is 3.18. The Balaban J connectivity index is 1.89. The molecule has 0 atom stereocenters. The number of para-hydroxylation sites is 1. The van der Waals surface area contributed by atoms with Gasteiger partial charge < -0.3 is 15.1 Å². The number of aromatic carboxylic acids is 1. The zero-order chi connectivity index (χ0) is 17.6. The van der Waals surface area contributed by atoms with Crippen LogP contribution in [-0.4, -0.2) is 21.0 Å². The van der Waals surface area contributed by atoms with Crippen molar-refractivity contribution in [2.45, 2.75) is 6.92 Å². The van der Waals surface area contributed by atoms with E-state index in [0.717, 1.165) is 22.2 Å². The summed E-state index contributed by atoms with van der Waals surface area (Å²) in [6, 6.07) is 15.8. The Bertz CT molecular complexity index is 1050. The van der Waals surface area contributed by atoms with Crippen molar-refractivity contribution in [3.8, 4) is 22.6 Å². The third-order valence-electron chi connectivity index (χ3n) is 4.20. The molecule has 2 aromatic carbocycles. The summed E-state index contributed by atoms with van der Waals surface area (Å²) in [7, 11) is 0. The van der Waals surface area contributed by atoms with Gasteiger partial charge in [0.15, 0.2) is 0 Å². The van der Waals surface area contributed by atoms with Crippen molar-refractivity contribution in [2.75, 3.05) is 0 Å². The van der Waals surface area contributed by atoms with Crippen LogP contribution in [0.4, 0.5) is 4.39 Å². The second kappa shape index (κ2) is 5.63. The number of aromatic nitrogens is 2. The van der Waals surface area contributed by atoms with Crippen molar-refractivity contribution >= 4 is 16.9 Å². The molecule has 4 nitrogen and oxygen atoms in total. The van der Waals surface area contributed by atoms with Crippen LogP contribution < -0.4 is 0 Å². The molecular formula is C20H15FN2O2. The van der Waals surface area contributed by atoms with Crippen molar-refractivity contribution < 1.29 is 14.3 Å². The molecule has 0 fully saturated rings. The highest BCUT2D eigenvalue weighted by Crippen LogP contribution is 2.31. The number of aryl methyl sites for hydroxylation is 1. The SMILES string of the molecule is Cc1cc(F)cc(-c2[nH]c(-c3cc4ccccc4[nH]3)cc2C(=O)O)c1. The van der Waals surface area contributed by atoms with Crippen LogP contribution in [0.3, 0.4) is 0 Å². The number of carboxylic acids is 1. The lowest BCUT2D eigenvalue weighted by Crippen LogP contribution is -1.97. The lowest BCUT2D eigenvalue weighted by molar-refractivity contribution is 0.0698. The van der Waals surface area contributed by atoms with Crippen molar-refractivity contribution in [1.82, 2.24) is 9.97 Å². The second-order valence-corrected chi connectivity index (χ2v) is 6.06. The molecule has 0 spiro atoms. The van der Waals surface area contributed by atoms with Crippen LogP contribution in [0.1, 0.15) is 15.9 Å². The molecule has 0 radical (unpaired) electrons. The maximum atomic E-state index is 13.7. The predicted octanol–water partition coefficient (Wildman–Crippen LogP) is 4.98. The lowest BCUT2D eigenvalue weighted by atomic mass is 10.1. The monoisotopic (exact) mass is 334 g/mol. The quantitative estimate of drug-likeness (QED) is 0.495. The number of hydrogen-bond acceptors (Lipinski definition) is 1. The first-order valence-electron chi connectivity index (χ1n) is 7.83. The smallest absolute Gasteiger partial charge is 0.337 e. The number of fused-ring (bicyclic) bond motifs is 1. The van der Waals surface area contributed by atoms with E-state index in [0.29, 0.717) is 17.0 Å². The van der Waals surface area contributed by atoms with Crippen molar-refractivity contribution in [3.05, 3.63) is 71.5 Å². The van der Waals surface area contributed by atoms with E-state index >= 15 is 0 Å². The molecule has 0 aliphatic heterocycles. The molecule has 5 heteroatoms. The number of carbonyl (C=O) groups is 1. The van der Waals surface area contributed by atoms with Crippen molar-refractivity contribution in [3.63, 3.8) is 0 Å². The molecule has 4 rings (SSSR count). The maximum absolute atomic E-state index is 13.7. The van der Waals surface area contributed by atoms with Gasteiger partial charge in [0.05, 0.1) is 22.6 Å². The molecule has 124 valence electrons. The minimum Gasteiger partial charge on any atom is -0.478 e. The van der Waals surface area contributed by atoms with E-state index in [-0.39, 0.29) is 5.56 Å². The average molecular weight is 334 g/mol. The first-order chi connectivity index (χ1) is 12.0. The first-order valence-corrected chi connectivity index (χ1v) is 7.83. The highest BCUT2D eigenvalue weighted by molar-refractivity contribution is 5.97. The zero-order valence-corrected chi connectivity index (χ0v) is 13.4. The molecule has 2 aromatic heterocycles. The summed E-state index contributed by atoms with van der Waals surface area (Å²) in [6.07, 6.45) is 0. The van der Waals surface area contributed by atoms with Crippen LogP contribution in [0.25, 0.3) is 33.5 Å². The molecule has 0 aliphatic rings. The van der Waals surface area contributed by atoms with Gasteiger partial charge in [-0.2, -0.15) is 0 Å². The van der Waals surface area contributed by atoms with Crippen molar-refractivity contribution in [1.29, 1.82) is 0 Å². The van der Waals surface area contributed by atoms with E-state index in [4.69, 9.17) is 0 Å². The Hall–Kier alpha value is -3.34. The fourth-order valence-electron chi connectivity index (χ4n) is 3.10. The van der Waals surface area contributed by atoms with E-state index < -0.39 is 11.8 Å². The molecule has 3 N–H and O–H groups in total. The summed E-state index contributed by atoms with van der Waals surface area (Å²) in [6.45, 7) is 1.77. The molecule has 4 aromatic rings. The largest absolute Gasteiger partial charge is 0.478 e. The van der Waals surface area contributed by atoms with Crippen LogP contribution in [0.15, 0.2) is 54.6 Å². The van der Waals surface area contributed by atoms with Crippen LogP contribution in [0, 0.1) is 12.7 Å². The van der Waals surface area contributed by atoms with E-state index in [2.05, 4.69) is 9.97 Å². The van der Waals surface area contributed by atoms with Gasteiger partial charge in [-0.25, -0.2) is 9.18 Å². The topological polar surface area (TPSA) is 68.9 Å². The Morgan fingerprint density at radius 3 is 2.48 bits per heavy atom. The van der Waals surface area contributed by atoms with Gasteiger partial charge in [0.1, 0.15) is 5.82 Å². The summed E-state index contributed by atoms with van der Waals surface area (Å²) >= 11 is 0. The Morgan fingerprint density at radius 2 is 1.76 bits per heavy atom. The molecule has 0 saturated carbocycles. The van der Waals surface area contributed by atoms with E-state index in [1.54, 1.807) is 19.1 Å². The van der Waals surface area contributed by atoms with Gasteiger partial charge in [-0.3, -0.25) is 0 Å². The number of benzene rings is 2. The molecule has 0 aliphatic carbocycles. The third kappa shape index (κ3) is 2.70. The standard InChI is InChI=1S/C20H15FN2O2/c1-11-6-13(8-14(21)7-11)19-15(20(24)25)10-18(23-19)17-9-12-4-2-3-5-16(12)22-17/h2-10,22-23H,1H3,(H,24,25). The number of aromatic amines is 2. The molecule has 0 saturated heterocycles. The van der Waals surface area contributed by atoms with Gasteiger partial charge in [0.2, 0.25) is 0 Å². The number of rotatable bonds is 3. The van der Waals surface area contributed by atoms with E-state index in [1.807, 2.05) is 30.3 Å². The van der Waals surface area contributed by atoms with Gasteiger partial charge in [-0.1, -0.05) is 18.2 Å². The molecule has 25 heavy (non-hydrogen) atoms. The minimum absolute atomic E-state index is 0.110. The van der Waals surface area contributed by atoms with Crippen LogP contribution in [0.2, 0.25) is 0 Å². The molecule has 2 heterocycles. The number of nitrogens with one attached hydrogen (secondary N) is 2. The normalized spacial score (nSPS) is 11.1. The fourth-order valence-corrected chi connectivity index (χ4v) is 3.10. The van der Waals surface area contributed by atoms with Crippen molar-refractivity contribution in [2.24, 2.45) is 0 Å². The third-order valence-corrected chi connectivity index (χ3v) is 4.20. The molecule has 0 bridgehead atoms. The maximum Gasteiger partial charge on any atom is 0.337 e. The van der Waals surface area contributed by atoms with Gasteiger partial charge in [-0.05, 0) is 48.9 Å². The van der Waals surface area contributed by atoms with E-state index in [1.165, 1.54) is 12.1 Å². The summed E-state index contributed by atoms with van der Waals surface area (Å²) in [5, 5.41) is 10.6. The van der Waals surface area contributed by atoms with Gasteiger partial charge >= 0.3 is 5.97 Å². The predicted molar refractivity (Wildman–Crippen MR) is 95.2 cm³/mol. The van der Waals surface area contributed by atoms with Crippen LogP contribution >= 0.6 is 0 Å². The first kappa shape index (κ1) is 15.2. The Morgan fingerprint density at radius 1 is 1.00 bits per heavy atom. The van der Waals surface area contributed by atoms with E-state index in [9.17, 15) is 14.3 Å². The Labute approximate surface area is 142 Å². The summed E-state index contributed by atoms with van der Waals surface area (Å²) in [5.74, 6) is -1.45. The lowest BCUT2D eigenvalue weighted by Gasteiger charge is -2.03. The van der Waals surface area contributed by atoms with Gasteiger partial charge in [0.25, 0.3) is 0 Å². The number of carboxylic acid groups (broad SMARTS) is 1. The fraction of sp³-hybridized carbons (Fsp3) is 0.0500. The van der Waals surface area contributed by atoms with Crippen LogP contribution in [0.5, 0.6) is 0 Å². The molecule has 0 unspecified atom stereocenters. The number of halogens is 1. The van der Waals surface area contributed by atoms with Crippen LogP contribution in [-0.2, 0) is 0 Å². The zero-order valence-electron chi connectivity index (χ0n) is 13.4. The van der Waals surface area contributed by atoms with Gasteiger partial charge in [-0.15, -0.1) is 0 Å². The minimum atomic E-state index is -1.06. The number of H-pyrrole nitrogens is 2. The summed E-state index contributed by atoms with van der Waals surface area (Å²) < 4.78 is 13.7. The van der Waals surface area contributed by atoms with Gasteiger partial charge in [0, 0.05) is 16.5 Å². The highest BCUT2D eigenvalue weighted by Gasteiger charge is 2.18. The number of hydrogen-bond donors (Lipinski definition) is 3. The molecule has 0 amide bonds. The molecular weight excluding hydrogens is 319 g/mol. The second-order valence-electron chi connectivity index (χ2n) is 6.06. The summed E-state index contributed by atoms with van der Waals surface area (Å²) in [5.41, 5.74) is 4.13. The summed E-state index contributed by atoms with van der Waals surface area (Å²) in [4.78, 5) is 18.1.